The van der Waals surface area contributed by atoms with Crippen LogP contribution in [0.15, 0.2) is 94.0 Å². The highest BCUT2D eigenvalue weighted by molar-refractivity contribution is 7.10. The van der Waals surface area contributed by atoms with E-state index in [-0.39, 0.29) is 24.8 Å². The Kier molecular flexibility index (Phi) is 9.50. The number of halogens is 2. The minimum Gasteiger partial charge on any atom is -0.382 e. The van der Waals surface area contributed by atoms with Crippen LogP contribution in [0.25, 0.3) is 16.9 Å². The van der Waals surface area contributed by atoms with E-state index in [1.807, 2.05) is 35.7 Å². The molecule has 2 aromatic heterocycles. The number of nitriles is 1. The molecule has 5 rings (SSSR count). The Bertz CT molecular complexity index is 1880. The van der Waals surface area contributed by atoms with Crippen molar-refractivity contribution in [1.29, 1.82) is 5.26 Å². The van der Waals surface area contributed by atoms with E-state index in [9.17, 15) is 14.9 Å². The number of hydrogen-bond acceptors (Lipinski definition) is 8. The number of thiazole rings is 1. The van der Waals surface area contributed by atoms with Gasteiger partial charge in [-0.2, -0.15) is 15.0 Å². The van der Waals surface area contributed by atoms with E-state index in [2.05, 4.69) is 11.2 Å². The van der Waals surface area contributed by atoms with Gasteiger partial charge in [-0.1, -0.05) is 71.7 Å². The van der Waals surface area contributed by atoms with Gasteiger partial charge in [0.25, 0.3) is 5.56 Å². The van der Waals surface area contributed by atoms with E-state index < -0.39 is 16.7 Å². The Morgan fingerprint density at radius 1 is 1.02 bits per heavy atom. The summed E-state index contributed by atoms with van der Waals surface area (Å²) in [5.74, 6) is 0. The van der Waals surface area contributed by atoms with Crippen molar-refractivity contribution in [1.82, 2.24) is 19.3 Å². The topological polar surface area (TPSA) is 112 Å². The largest absolute Gasteiger partial charge is 0.382 e. The molecule has 0 aliphatic carbocycles. The van der Waals surface area contributed by atoms with Crippen LogP contribution in [0.2, 0.25) is 10.0 Å². The van der Waals surface area contributed by atoms with Gasteiger partial charge in [0.1, 0.15) is 18.3 Å². The van der Waals surface area contributed by atoms with Gasteiger partial charge in [-0.15, -0.1) is 11.3 Å². The Labute approximate surface area is 261 Å². The van der Waals surface area contributed by atoms with Gasteiger partial charge >= 0.3 is 5.69 Å². The molecule has 0 saturated heterocycles. The highest BCUT2D eigenvalue weighted by atomic mass is 35.5. The molecule has 1 atom stereocenters. The summed E-state index contributed by atoms with van der Waals surface area (Å²) >= 11 is 14.5. The van der Waals surface area contributed by atoms with Crippen molar-refractivity contribution in [2.75, 3.05) is 20.3 Å². The third kappa shape index (κ3) is 6.46. The van der Waals surface area contributed by atoms with Crippen LogP contribution in [0.4, 0.5) is 0 Å². The van der Waals surface area contributed by atoms with E-state index in [0.717, 1.165) is 31.7 Å². The summed E-state index contributed by atoms with van der Waals surface area (Å²) in [6.45, 7) is 0.258. The molecule has 3 aromatic carbocycles. The van der Waals surface area contributed by atoms with E-state index in [1.54, 1.807) is 42.5 Å². The van der Waals surface area contributed by atoms with Gasteiger partial charge in [0.2, 0.25) is 0 Å². The molecule has 218 valence electrons. The highest BCUT2D eigenvalue weighted by Crippen LogP contribution is 2.41. The van der Waals surface area contributed by atoms with Crippen molar-refractivity contribution >= 4 is 34.5 Å². The minimum absolute atomic E-state index is 0.206. The number of rotatable bonds is 11. The Balaban J connectivity index is 1.56. The zero-order valence-corrected chi connectivity index (χ0v) is 25.3. The normalized spacial score (nSPS) is 12.5. The summed E-state index contributed by atoms with van der Waals surface area (Å²) in [4.78, 5) is 30.3. The van der Waals surface area contributed by atoms with Crippen LogP contribution in [-0.4, -0.2) is 39.7 Å². The number of ether oxygens (including phenoxy) is 2. The van der Waals surface area contributed by atoms with E-state index in [4.69, 9.17) is 37.7 Å². The van der Waals surface area contributed by atoms with Crippen LogP contribution in [0.3, 0.4) is 0 Å². The molecule has 43 heavy (non-hydrogen) atoms. The average Bonchev–Trinajstić information content (AvgIpc) is 3.49. The second-order valence-electron chi connectivity index (χ2n) is 9.49. The first kappa shape index (κ1) is 30.4. The molecule has 0 N–H and O–H groups in total. The van der Waals surface area contributed by atoms with E-state index >= 15 is 0 Å². The fraction of sp³-hybridized carbons (Fsp3) is 0.194. The first-order chi connectivity index (χ1) is 20.9. The van der Waals surface area contributed by atoms with Gasteiger partial charge < -0.3 is 9.47 Å². The number of methoxy groups -OCH3 is 1. The van der Waals surface area contributed by atoms with Crippen molar-refractivity contribution in [2.24, 2.45) is 0 Å². The van der Waals surface area contributed by atoms with Gasteiger partial charge in [-0.25, -0.2) is 14.3 Å². The molecule has 12 heteroatoms. The van der Waals surface area contributed by atoms with Crippen LogP contribution in [0.1, 0.15) is 16.1 Å². The standard InChI is InChI=1S/C31H25Cl2N5O4S/c1-41-13-14-42-20-37-29(39)17-35-38(30(37)40)24-11-12-25(26(33)15-24)31(19-34,22-7-9-23(32)10-8-22)16-28-36-27(18-43-28)21-5-3-2-4-6-21/h2-12,15,17-18H,13-14,16,20H2,1H3. The molecule has 9 nitrogen and oxygen atoms in total. The Hall–Kier alpha value is -4.11. The molecular weight excluding hydrogens is 609 g/mol. The number of hydrogen-bond donors (Lipinski definition) is 0. The molecule has 0 spiro atoms. The summed E-state index contributed by atoms with van der Waals surface area (Å²) < 4.78 is 12.3. The van der Waals surface area contributed by atoms with Crippen molar-refractivity contribution in [3.63, 3.8) is 0 Å². The van der Waals surface area contributed by atoms with E-state index in [0.29, 0.717) is 28.4 Å². The predicted octanol–water partition coefficient (Wildman–Crippen LogP) is 5.50. The first-order valence-corrected chi connectivity index (χ1v) is 14.7. The SMILES string of the molecule is COCCOCn1c(=O)cnn(-c2ccc(C(C#N)(Cc3nc(-c4ccccc4)cs3)c3ccc(Cl)cc3)c(Cl)c2)c1=O. The van der Waals surface area contributed by atoms with Crippen LogP contribution in [0.5, 0.6) is 0 Å². The zero-order valence-electron chi connectivity index (χ0n) is 22.9. The predicted molar refractivity (Wildman–Crippen MR) is 166 cm³/mol. The van der Waals surface area contributed by atoms with Crippen molar-refractivity contribution in [2.45, 2.75) is 18.6 Å². The highest BCUT2D eigenvalue weighted by Gasteiger charge is 2.38. The lowest BCUT2D eigenvalue weighted by Gasteiger charge is -2.28. The molecule has 0 aliphatic heterocycles. The van der Waals surface area contributed by atoms with Gasteiger partial charge in [-0.05, 0) is 35.4 Å². The van der Waals surface area contributed by atoms with E-state index in [1.165, 1.54) is 18.4 Å². The van der Waals surface area contributed by atoms with Crippen molar-refractivity contribution in [3.05, 3.63) is 131 Å². The van der Waals surface area contributed by atoms with Crippen LogP contribution in [-0.2, 0) is 28.0 Å². The molecule has 0 amide bonds. The molecule has 0 fully saturated rings. The molecule has 0 saturated carbocycles. The van der Waals surface area contributed by atoms with Gasteiger partial charge in [0.15, 0.2) is 0 Å². The quantitative estimate of drug-likeness (QED) is 0.177. The van der Waals surface area contributed by atoms with Crippen molar-refractivity contribution < 1.29 is 9.47 Å². The van der Waals surface area contributed by atoms with Gasteiger partial charge in [-0.3, -0.25) is 4.79 Å². The maximum atomic E-state index is 13.2. The van der Waals surface area contributed by atoms with Crippen LogP contribution < -0.4 is 11.2 Å². The molecule has 2 heterocycles. The molecule has 0 radical (unpaired) electrons. The average molecular weight is 635 g/mol. The first-order valence-electron chi connectivity index (χ1n) is 13.1. The third-order valence-electron chi connectivity index (χ3n) is 6.84. The van der Waals surface area contributed by atoms with Gasteiger partial charge in [0.05, 0.1) is 35.7 Å². The van der Waals surface area contributed by atoms with Crippen LogP contribution >= 0.6 is 34.5 Å². The number of benzene rings is 3. The Morgan fingerprint density at radius 2 is 1.79 bits per heavy atom. The van der Waals surface area contributed by atoms with Crippen molar-refractivity contribution in [3.8, 4) is 23.0 Å². The second kappa shape index (κ2) is 13.5. The molecule has 0 bridgehead atoms. The molecule has 0 aliphatic rings. The summed E-state index contributed by atoms with van der Waals surface area (Å²) in [5, 5.41) is 18.3. The number of nitrogens with zero attached hydrogens (tertiary/aromatic N) is 5. The second-order valence-corrected chi connectivity index (χ2v) is 11.3. The fourth-order valence-corrected chi connectivity index (χ4v) is 5.97. The zero-order chi connectivity index (χ0) is 30.4. The Morgan fingerprint density at radius 3 is 2.49 bits per heavy atom. The summed E-state index contributed by atoms with van der Waals surface area (Å²) in [6.07, 6.45) is 1.27. The van der Waals surface area contributed by atoms with Crippen LogP contribution in [0, 0.1) is 11.3 Å². The minimum atomic E-state index is -1.24. The molecular formula is C31H25Cl2N5O4S. The smallest absolute Gasteiger partial charge is 0.354 e. The maximum absolute atomic E-state index is 13.2. The fourth-order valence-electron chi connectivity index (χ4n) is 4.62. The maximum Gasteiger partial charge on any atom is 0.354 e. The third-order valence-corrected chi connectivity index (χ3v) is 8.25. The summed E-state index contributed by atoms with van der Waals surface area (Å²) in [6, 6.07) is 24.2. The summed E-state index contributed by atoms with van der Waals surface area (Å²) in [7, 11) is 1.52. The monoisotopic (exact) mass is 633 g/mol. The number of aromatic nitrogens is 4. The lowest BCUT2D eigenvalue weighted by molar-refractivity contribution is 0.0300. The van der Waals surface area contributed by atoms with Gasteiger partial charge in [0, 0.05) is 34.5 Å². The molecule has 1 unspecified atom stereocenters. The summed E-state index contributed by atoms with van der Waals surface area (Å²) in [5.41, 5.74) is 0.763. The lowest BCUT2D eigenvalue weighted by atomic mass is 9.73. The lowest BCUT2D eigenvalue weighted by Crippen LogP contribution is -2.41. The molecule has 5 aromatic rings.